The van der Waals surface area contributed by atoms with Crippen LogP contribution in [0.5, 0.6) is 0 Å². The summed E-state index contributed by atoms with van der Waals surface area (Å²) < 4.78 is 16.2. The van der Waals surface area contributed by atoms with E-state index in [1.54, 1.807) is 17.7 Å². The molecule has 30 heavy (non-hydrogen) atoms. The summed E-state index contributed by atoms with van der Waals surface area (Å²) in [6.45, 7) is 2.02. The minimum Gasteiger partial charge on any atom is -0.312 e. The molecule has 0 saturated heterocycles. The van der Waals surface area contributed by atoms with E-state index in [9.17, 15) is 14.0 Å². The van der Waals surface area contributed by atoms with Crippen molar-refractivity contribution in [2.75, 3.05) is 5.32 Å². The molecule has 4 rings (SSSR count). The van der Waals surface area contributed by atoms with Gasteiger partial charge in [-0.15, -0.1) is 0 Å². The topological polar surface area (TPSA) is 64.0 Å². The number of aromatic nitrogens is 2. The van der Waals surface area contributed by atoms with Crippen molar-refractivity contribution in [3.8, 4) is 0 Å². The first-order valence-electron chi connectivity index (χ1n) is 9.38. The van der Waals surface area contributed by atoms with Gasteiger partial charge in [-0.25, -0.2) is 4.39 Å². The average molecular weight is 444 g/mol. The third-order valence-corrected chi connectivity index (χ3v) is 6.57. The SMILES string of the molecule is Cc1ccc(CSc2nc(=O)c3c(n2C)NC(=O)CC3c2c(F)cccc2Cl)cc1. The van der Waals surface area contributed by atoms with Gasteiger partial charge in [0.15, 0.2) is 5.16 Å². The van der Waals surface area contributed by atoms with E-state index in [2.05, 4.69) is 10.3 Å². The second-order valence-electron chi connectivity index (χ2n) is 7.24. The molecular weight excluding hydrogens is 425 g/mol. The van der Waals surface area contributed by atoms with Gasteiger partial charge < -0.3 is 9.88 Å². The molecule has 5 nitrogen and oxygen atoms in total. The molecule has 1 amide bonds. The molecule has 1 aliphatic rings. The Labute approximate surface area is 182 Å². The Morgan fingerprint density at radius 3 is 2.63 bits per heavy atom. The zero-order chi connectivity index (χ0) is 21.4. The van der Waals surface area contributed by atoms with Gasteiger partial charge in [0.25, 0.3) is 5.56 Å². The number of halogens is 2. The zero-order valence-electron chi connectivity index (χ0n) is 16.4. The number of hydrogen-bond acceptors (Lipinski definition) is 4. The Balaban J connectivity index is 1.75. The van der Waals surface area contributed by atoms with E-state index in [1.807, 2.05) is 31.2 Å². The molecule has 1 aromatic heterocycles. The normalized spacial score (nSPS) is 15.6. The lowest BCUT2D eigenvalue weighted by Crippen LogP contribution is -2.34. The summed E-state index contributed by atoms with van der Waals surface area (Å²) in [5, 5.41) is 3.41. The van der Waals surface area contributed by atoms with Gasteiger partial charge in [-0.05, 0) is 24.6 Å². The molecule has 154 valence electrons. The number of benzene rings is 2. The average Bonchev–Trinajstić information content (AvgIpc) is 2.70. The van der Waals surface area contributed by atoms with Crippen molar-refractivity contribution in [1.29, 1.82) is 0 Å². The second kappa shape index (κ2) is 8.24. The highest BCUT2D eigenvalue weighted by atomic mass is 35.5. The molecule has 1 aliphatic heterocycles. The second-order valence-corrected chi connectivity index (χ2v) is 8.59. The number of thioether (sulfide) groups is 1. The molecule has 0 saturated carbocycles. The summed E-state index contributed by atoms with van der Waals surface area (Å²) in [7, 11) is 1.73. The lowest BCUT2D eigenvalue weighted by molar-refractivity contribution is -0.116. The molecule has 3 aromatic rings. The Bertz CT molecular complexity index is 1170. The van der Waals surface area contributed by atoms with E-state index >= 15 is 0 Å². The molecule has 1 N–H and O–H groups in total. The van der Waals surface area contributed by atoms with Crippen molar-refractivity contribution in [2.45, 2.75) is 30.2 Å². The van der Waals surface area contributed by atoms with E-state index in [0.29, 0.717) is 16.7 Å². The predicted octanol–water partition coefficient (Wildman–Crippen LogP) is 4.65. The van der Waals surface area contributed by atoms with Crippen LogP contribution in [0.2, 0.25) is 5.02 Å². The monoisotopic (exact) mass is 443 g/mol. The Morgan fingerprint density at radius 2 is 1.93 bits per heavy atom. The largest absolute Gasteiger partial charge is 0.312 e. The van der Waals surface area contributed by atoms with Gasteiger partial charge in [-0.2, -0.15) is 4.98 Å². The van der Waals surface area contributed by atoms with E-state index in [-0.39, 0.29) is 28.5 Å². The number of rotatable bonds is 4. The number of carbonyl (C=O) groups is 1. The fourth-order valence-electron chi connectivity index (χ4n) is 3.59. The maximum absolute atomic E-state index is 14.6. The summed E-state index contributed by atoms with van der Waals surface area (Å²) in [5.41, 5.74) is 2.18. The Kier molecular flexibility index (Phi) is 5.66. The zero-order valence-corrected chi connectivity index (χ0v) is 18.0. The molecule has 0 radical (unpaired) electrons. The first kappa shape index (κ1) is 20.6. The highest BCUT2D eigenvalue weighted by molar-refractivity contribution is 7.98. The van der Waals surface area contributed by atoms with Crippen LogP contribution in [-0.4, -0.2) is 15.5 Å². The fraction of sp³-hybridized carbons (Fsp3) is 0.227. The number of nitrogens with zero attached hydrogens (tertiary/aromatic N) is 2. The van der Waals surface area contributed by atoms with E-state index < -0.39 is 17.3 Å². The van der Waals surface area contributed by atoms with Crippen molar-refractivity contribution in [1.82, 2.24) is 9.55 Å². The molecule has 0 aliphatic carbocycles. The number of carbonyl (C=O) groups excluding carboxylic acids is 1. The number of anilines is 1. The van der Waals surface area contributed by atoms with Crippen LogP contribution < -0.4 is 10.9 Å². The van der Waals surface area contributed by atoms with Gasteiger partial charge >= 0.3 is 0 Å². The van der Waals surface area contributed by atoms with Gasteiger partial charge in [-0.3, -0.25) is 9.59 Å². The summed E-state index contributed by atoms with van der Waals surface area (Å²) in [6, 6.07) is 12.4. The molecule has 0 bridgehead atoms. The van der Waals surface area contributed by atoms with Gasteiger partial charge in [-0.1, -0.05) is 59.3 Å². The maximum Gasteiger partial charge on any atom is 0.279 e. The standard InChI is InChI=1S/C22H19ClFN3O2S/c1-12-6-8-13(9-7-12)11-30-22-26-21(29)19-14(10-17(28)25-20(19)27(22)2)18-15(23)4-3-5-16(18)24/h3-9,14H,10-11H2,1-2H3,(H,25,28). The smallest absolute Gasteiger partial charge is 0.279 e. The van der Waals surface area contributed by atoms with Crippen LogP contribution in [0.25, 0.3) is 0 Å². The van der Waals surface area contributed by atoms with Crippen LogP contribution in [0.1, 0.15) is 34.6 Å². The van der Waals surface area contributed by atoms with Crippen LogP contribution in [0, 0.1) is 12.7 Å². The van der Waals surface area contributed by atoms with E-state index in [4.69, 9.17) is 11.6 Å². The van der Waals surface area contributed by atoms with E-state index in [1.165, 1.54) is 29.5 Å². The highest BCUT2D eigenvalue weighted by Gasteiger charge is 2.34. The summed E-state index contributed by atoms with van der Waals surface area (Å²) in [5.74, 6) is -0.683. The van der Waals surface area contributed by atoms with Gasteiger partial charge in [0.1, 0.15) is 11.6 Å². The molecular formula is C22H19ClFN3O2S. The molecule has 8 heteroatoms. The predicted molar refractivity (Wildman–Crippen MR) is 117 cm³/mol. The van der Waals surface area contributed by atoms with Crippen LogP contribution in [0.15, 0.2) is 52.4 Å². The Morgan fingerprint density at radius 1 is 1.20 bits per heavy atom. The first-order chi connectivity index (χ1) is 14.3. The first-order valence-corrected chi connectivity index (χ1v) is 10.7. The van der Waals surface area contributed by atoms with Crippen molar-refractivity contribution < 1.29 is 9.18 Å². The minimum absolute atomic E-state index is 0.0690. The molecule has 0 spiro atoms. The molecule has 2 aromatic carbocycles. The molecule has 2 heterocycles. The number of aryl methyl sites for hydroxylation is 1. The van der Waals surface area contributed by atoms with Crippen molar-refractivity contribution in [3.63, 3.8) is 0 Å². The number of nitrogens with one attached hydrogen (secondary N) is 1. The maximum atomic E-state index is 14.6. The van der Waals surface area contributed by atoms with Crippen molar-refractivity contribution >= 4 is 35.1 Å². The molecule has 0 fully saturated rings. The third-order valence-electron chi connectivity index (χ3n) is 5.14. The van der Waals surface area contributed by atoms with Gasteiger partial charge in [0.2, 0.25) is 5.91 Å². The lowest BCUT2D eigenvalue weighted by Gasteiger charge is -2.28. The summed E-state index contributed by atoms with van der Waals surface area (Å²) in [4.78, 5) is 29.6. The van der Waals surface area contributed by atoms with Gasteiger partial charge in [0.05, 0.1) is 5.56 Å². The lowest BCUT2D eigenvalue weighted by atomic mass is 9.86. The number of fused-ring (bicyclic) bond motifs is 1. The van der Waals surface area contributed by atoms with Crippen LogP contribution in [-0.2, 0) is 17.6 Å². The van der Waals surface area contributed by atoms with Crippen LogP contribution in [0.3, 0.4) is 0 Å². The fourth-order valence-corrected chi connectivity index (χ4v) is 4.80. The van der Waals surface area contributed by atoms with Crippen LogP contribution in [0.4, 0.5) is 10.2 Å². The quantitative estimate of drug-likeness (QED) is 0.471. The van der Waals surface area contributed by atoms with E-state index in [0.717, 1.165) is 5.56 Å². The van der Waals surface area contributed by atoms with Crippen molar-refractivity contribution in [3.05, 3.63) is 85.9 Å². The summed E-state index contributed by atoms with van der Waals surface area (Å²) in [6.07, 6.45) is -0.0690. The third kappa shape index (κ3) is 3.87. The minimum atomic E-state index is -0.787. The Hall–Kier alpha value is -2.64. The highest BCUT2D eigenvalue weighted by Crippen LogP contribution is 2.39. The summed E-state index contributed by atoms with van der Waals surface area (Å²) >= 11 is 7.62. The van der Waals surface area contributed by atoms with Crippen LogP contribution >= 0.6 is 23.4 Å². The van der Waals surface area contributed by atoms with Crippen molar-refractivity contribution in [2.24, 2.45) is 7.05 Å². The molecule has 1 unspecified atom stereocenters. The number of amides is 1. The molecule has 1 atom stereocenters. The van der Waals surface area contributed by atoms with Gasteiger partial charge in [0, 0.05) is 35.7 Å². The number of hydrogen-bond donors (Lipinski definition) is 1.